The molecule has 6 nitrogen and oxygen atoms in total. The summed E-state index contributed by atoms with van der Waals surface area (Å²) in [5.74, 6) is 1.36. The Hall–Kier alpha value is -15.0. The van der Waals surface area contributed by atoms with Gasteiger partial charge in [-0.2, -0.15) is 0 Å². The predicted molar refractivity (Wildman–Crippen MR) is 471 cm³/mol. The van der Waals surface area contributed by atoms with Gasteiger partial charge in [0.2, 0.25) is 5.95 Å². The van der Waals surface area contributed by atoms with Crippen LogP contribution in [0.15, 0.2) is 400 Å². The Morgan fingerprint density at radius 1 is 0.170 bits per heavy atom. The van der Waals surface area contributed by atoms with Crippen LogP contribution in [0.1, 0.15) is 0 Å². The van der Waals surface area contributed by atoms with E-state index in [1.165, 1.54) is 125 Å². The molecule has 0 saturated heterocycles. The van der Waals surface area contributed by atoms with Crippen LogP contribution in [0.3, 0.4) is 0 Å². The average Bonchev–Trinajstić information content (AvgIpc) is 1.56. The van der Waals surface area contributed by atoms with Crippen molar-refractivity contribution < 1.29 is 0 Å². The van der Waals surface area contributed by atoms with Gasteiger partial charge in [0.15, 0.2) is 5.82 Å². The summed E-state index contributed by atoms with van der Waals surface area (Å²) in [7, 11) is 0. The van der Waals surface area contributed by atoms with E-state index in [1.54, 1.807) is 0 Å². The highest BCUT2D eigenvalue weighted by molar-refractivity contribution is 6.25. The van der Waals surface area contributed by atoms with Crippen LogP contribution < -0.4 is 0 Å². The molecule has 0 atom stereocenters. The van der Waals surface area contributed by atoms with E-state index in [4.69, 9.17) is 19.9 Å². The van der Waals surface area contributed by atoms with Gasteiger partial charge in [0.25, 0.3) is 0 Å². The van der Waals surface area contributed by atoms with Crippen LogP contribution in [-0.4, -0.2) is 29.1 Å². The van der Waals surface area contributed by atoms with Crippen molar-refractivity contribution in [1.29, 1.82) is 0 Å². The van der Waals surface area contributed by atoms with Gasteiger partial charge in [-0.25, -0.2) is 19.9 Å². The number of hydrogen-bond acceptors (Lipinski definition) is 4. The molecule has 0 spiro atoms. The lowest BCUT2D eigenvalue weighted by molar-refractivity contribution is 1.01. The second-order valence-corrected chi connectivity index (χ2v) is 29.3. The quantitative estimate of drug-likeness (QED) is 0.144. The standard InChI is InChI=1S/C56H35N3.C50H31N3/c1-2-10-36(11-3-1)38-18-20-39(21-19-38)45-26-30-51-49(33-45)55(46-23-22-37-12-4-5-14-42(37)32-46)58-56(57-51)41-24-28-47(29-25-41)59-52-31-27-40-13-8-9-17-48(40)54(52)50-34-43-15-6-7-16-44(43)35-53(50)59;1-2-10-32(11-3-1)34-18-21-36(22-19-34)49-43-29-41(40-23-20-33-12-4-5-14-37(33)28-40)24-26-45(43)51-50(52-49)53-46-27-25-35-13-8-9-17-42(35)48(46)44-30-38-15-6-7-16-39(38)31-47(44)53/h1-35H;1-31H. The van der Waals surface area contributed by atoms with E-state index in [1.807, 2.05) is 0 Å². The Morgan fingerprint density at radius 3 is 1.05 bits per heavy atom. The van der Waals surface area contributed by atoms with Crippen LogP contribution in [0.25, 0.3) is 220 Å². The molecular weight excluding hydrogens is 1360 g/mol. The molecule has 0 saturated carbocycles. The molecule has 520 valence electrons. The molecule has 0 aliphatic rings. The van der Waals surface area contributed by atoms with Gasteiger partial charge in [-0.15, -0.1) is 0 Å². The Bertz CT molecular complexity index is 7710. The molecule has 0 radical (unpaired) electrons. The number of nitrogens with zero attached hydrogens (tertiary/aromatic N) is 6. The van der Waals surface area contributed by atoms with Gasteiger partial charge >= 0.3 is 0 Å². The van der Waals surface area contributed by atoms with Gasteiger partial charge in [-0.3, -0.25) is 4.57 Å². The van der Waals surface area contributed by atoms with Gasteiger partial charge in [0.05, 0.1) is 44.5 Å². The van der Waals surface area contributed by atoms with E-state index < -0.39 is 0 Å². The van der Waals surface area contributed by atoms with Crippen molar-refractivity contribution in [2.75, 3.05) is 0 Å². The summed E-state index contributed by atoms with van der Waals surface area (Å²) >= 11 is 0. The molecule has 0 aliphatic heterocycles. The van der Waals surface area contributed by atoms with Crippen molar-refractivity contribution in [1.82, 2.24) is 29.1 Å². The number of rotatable bonds is 9. The van der Waals surface area contributed by atoms with Crippen LogP contribution >= 0.6 is 0 Å². The fraction of sp³-hybridized carbons (Fsp3) is 0. The molecule has 0 aliphatic carbocycles. The maximum atomic E-state index is 5.51. The van der Waals surface area contributed by atoms with E-state index in [9.17, 15) is 0 Å². The largest absolute Gasteiger partial charge is 0.309 e. The molecule has 4 aromatic heterocycles. The maximum absolute atomic E-state index is 5.51. The van der Waals surface area contributed by atoms with E-state index in [-0.39, 0.29) is 0 Å². The summed E-state index contributed by atoms with van der Waals surface area (Å²) in [5, 5.41) is 21.6. The van der Waals surface area contributed by atoms with E-state index in [0.29, 0.717) is 11.8 Å². The van der Waals surface area contributed by atoms with Crippen LogP contribution in [0.2, 0.25) is 0 Å². The highest BCUT2D eigenvalue weighted by atomic mass is 15.2. The summed E-state index contributed by atoms with van der Waals surface area (Å²) in [6, 6.07) is 144. The Kier molecular flexibility index (Phi) is 15.2. The van der Waals surface area contributed by atoms with Gasteiger partial charge in [-0.05, 0) is 206 Å². The highest BCUT2D eigenvalue weighted by Gasteiger charge is 2.23. The molecule has 0 N–H and O–H groups in total. The molecule has 23 aromatic rings. The van der Waals surface area contributed by atoms with E-state index >= 15 is 0 Å². The lowest BCUT2D eigenvalue weighted by Crippen LogP contribution is -2.03. The third kappa shape index (κ3) is 11.1. The molecule has 0 bridgehead atoms. The maximum Gasteiger partial charge on any atom is 0.235 e. The van der Waals surface area contributed by atoms with Crippen LogP contribution in [0.4, 0.5) is 0 Å². The Balaban J connectivity index is 0.000000138. The number of hydrogen-bond donors (Lipinski definition) is 0. The summed E-state index contributed by atoms with van der Waals surface area (Å²) < 4.78 is 4.67. The first-order chi connectivity index (χ1) is 55.5. The van der Waals surface area contributed by atoms with Crippen molar-refractivity contribution in [3.63, 3.8) is 0 Å². The minimum atomic E-state index is 0.656. The number of benzene rings is 19. The second kappa shape index (κ2) is 26.5. The first-order valence-corrected chi connectivity index (χ1v) is 38.2. The third-order valence-electron chi connectivity index (χ3n) is 22.7. The predicted octanol–water partition coefficient (Wildman–Crippen LogP) is 28.0. The molecule has 23 rings (SSSR count). The lowest BCUT2D eigenvalue weighted by atomic mass is 9.97. The van der Waals surface area contributed by atoms with Crippen molar-refractivity contribution in [2.24, 2.45) is 0 Å². The Morgan fingerprint density at radius 2 is 0.518 bits per heavy atom. The van der Waals surface area contributed by atoms with Crippen molar-refractivity contribution in [3.05, 3.63) is 400 Å². The lowest BCUT2D eigenvalue weighted by Gasteiger charge is -2.14. The highest BCUT2D eigenvalue weighted by Crippen LogP contribution is 2.44. The zero-order valence-electron chi connectivity index (χ0n) is 60.8. The first-order valence-electron chi connectivity index (χ1n) is 38.2. The molecule has 0 fully saturated rings. The summed E-state index contributed by atoms with van der Waals surface area (Å²) in [6.45, 7) is 0. The molecule has 4 heterocycles. The van der Waals surface area contributed by atoms with Gasteiger partial charge in [0.1, 0.15) is 0 Å². The van der Waals surface area contributed by atoms with Gasteiger partial charge in [0, 0.05) is 54.7 Å². The molecule has 0 unspecified atom stereocenters. The summed E-state index contributed by atoms with van der Waals surface area (Å²) in [5.41, 5.74) is 21.7. The summed E-state index contributed by atoms with van der Waals surface area (Å²) in [4.78, 5) is 21.5. The monoisotopic (exact) mass is 1420 g/mol. The Labute approximate surface area is 645 Å². The molecule has 112 heavy (non-hydrogen) atoms. The third-order valence-corrected chi connectivity index (χ3v) is 22.7. The van der Waals surface area contributed by atoms with Crippen molar-refractivity contribution in [3.8, 4) is 90.0 Å². The zero-order chi connectivity index (χ0) is 73.7. The van der Waals surface area contributed by atoms with Crippen molar-refractivity contribution >= 4 is 130 Å². The minimum absolute atomic E-state index is 0.656. The fourth-order valence-electron chi connectivity index (χ4n) is 17.1. The minimum Gasteiger partial charge on any atom is -0.309 e. The smallest absolute Gasteiger partial charge is 0.235 e. The van der Waals surface area contributed by atoms with Crippen LogP contribution in [-0.2, 0) is 0 Å². The van der Waals surface area contributed by atoms with Gasteiger partial charge in [-0.1, -0.05) is 303 Å². The average molecular weight is 1420 g/mol. The fourth-order valence-corrected chi connectivity index (χ4v) is 17.1. The van der Waals surface area contributed by atoms with Crippen LogP contribution in [0, 0.1) is 0 Å². The van der Waals surface area contributed by atoms with Crippen LogP contribution in [0.5, 0.6) is 0 Å². The second-order valence-electron chi connectivity index (χ2n) is 29.3. The van der Waals surface area contributed by atoms with E-state index in [2.05, 4.69) is 410 Å². The zero-order valence-corrected chi connectivity index (χ0v) is 60.8. The topological polar surface area (TPSA) is 61.4 Å². The molecule has 19 aromatic carbocycles. The molecule has 6 heteroatoms. The normalized spacial score (nSPS) is 11.8. The number of fused-ring (bicyclic) bond motifs is 16. The SMILES string of the molecule is c1ccc(-c2ccc(-c3ccc4nc(-c5ccc(-n6c7cc8ccccc8cc7c7c8ccccc8ccc76)cc5)nc(-c5ccc6ccccc6c5)c4c3)cc2)cc1.c1ccc(-c2ccc(-c3nc(-n4c5cc6ccccc6cc5c5c6ccccc6ccc54)nc4ccc(-c5ccc6ccccc6c5)cc34)cc2)cc1. The summed E-state index contributed by atoms with van der Waals surface area (Å²) in [6.07, 6.45) is 0. The van der Waals surface area contributed by atoms with Gasteiger partial charge < -0.3 is 4.57 Å². The first kappa shape index (κ1) is 64.2. The number of aromatic nitrogens is 6. The van der Waals surface area contributed by atoms with Crippen molar-refractivity contribution in [2.45, 2.75) is 0 Å². The molecular formula is C106H66N6. The van der Waals surface area contributed by atoms with E-state index in [0.717, 1.165) is 83.3 Å². The molecule has 0 amide bonds.